The number of aliphatic hydroxyl groups excluding tert-OH is 1. The Hall–Kier alpha value is -1.74. The van der Waals surface area contributed by atoms with Crippen LogP contribution in [0, 0.1) is 17.2 Å². The second-order valence-electron chi connectivity index (χ2n) is 5.32. The minimum absolute atomic E-state index is 0.0752. The number of rotatable bonds is 4. The van der Waals surface area contributed by atoms with Gasteiger partial charge in [0.2, 0.25) is 0 Å². The smallest absolute Gasteiger partial charge is 0.396 e. The second-order valence-corrected chi connectivity index (χ2v) is 5.32. The van der Waals surface area contributed by atoms with Gasteiger partial charge in [0, 0.05) is 18.3 Å². The summed E-state index contributed by atoms with van der Waals surface area (Å²) in [6, 6.07) is 5.34. The van der Waals surface area contributed by atoms with Crippen molar-refractivity contribution in [3.63, 3.8) is 0 Å². The van der Waals surface area contributed by atoms with Crippen LogP contribution in [0.4, 0.5) is 18.9 Å². The first-order chi connectivity index (χ1) is 9.95. The first-order valence-electron chi connectivity index (χ1n) is 6.94. The number of hydrogen-bond acceptors (Lipinski definition) is 3. The molecule has 0 amide bonds. The average molecular weight is 298 g/mol. The summed E-state index contributed by atoms with van der Waals surface area (Å²) in [5, 5.41) is 20.9. The molecule has 0 saturated heterocycles. The lowest BCUT2D eigenvalue weighted by Gasteiger charge is -2.22. The van der Waals surface area contributed by atoms with E-state index >= 15 is 0 Å². The Balaban J connectivity index is 2.20. The van der Waals surface area contributed by atoms with Gasteiger partial charge in [0.1, 0.15) is 0 Å². The van der Waals surface area contributed by atoms with Crippen molar-refractivity contribution in [1.82, 2.24) is 0 Å². The molecule has 0 bridgehead atoms. The van der Waals surface area contributed by atoms with Crippen LogP contribution in [-0.4, -0.2) is 17.8 Å². The van der Waals surface area contributed by atoms with Gasteiger partial charge in [-0.1, -0.05) is 6.42 Å². The minimum atomic E-state index is -4.54. The van der Waals surface area contributed by atoms with Gasteiger partial charge in [0.05, 0.1) is 17.2 Å². The number of aliphatic hydroxyl groups is 1. The first-order valence-corrected chi connectivity index (χ1v) is 6.94. The summed E-state index contributed by atoms with van der Waals surface area (Å²) in [5.41, 5.74) is -0.908. The highest BCUT2D eigenvalue weighted by molar-refractivity contribution is 5.53. The molecule has 1 aromatic rings. The van der Waals surface area contributed by atoms with Crippen molar-refractivity contribution >= 4 is 5.69 Å². The second kappa shape index (κ2) is 6.35. The van der Waals surface area contributed by atoms with Crippen molar-refractivity contribution in [1.29, 1.82) is 5.26 Å². The van der Waals surface area contributed by atoms with Crippen molar-refractivity contribution in [2.24, 2.45) is 5.92 Å². The predicted molar refractivity (Wildman–Crippen MR) is 72.6 cm³/mol. The van der Waals surface area contributed by atoms with Crippen molar-refractivity contribution in [2.45, 2.75) is 37.9 Å². The molecule has 0 spiro atoms. The third-order valence-corrected chi connectivity index (χ3v) is 3.96. The largest absolute Gasteiger partial charge is 0.417 e. The molecular formula is C15H17F3N2O. The van der Waals surface area contributed by atoms with Crippen molar-refractivity contribution in [3.8, 4) is 6.07 Å². The highest BCUT2D eigenvalue weighted by atomic mass is 19.4. The van der Waals surface area contributed by atoms with E-state index in [1.54, 1.807) is 6.07 Å². The molecule has 0 aromatic heterocycles. The van der Waals surface area contributed by atoms with Crippen LogP contribution in [-0.2, 0) is 6.18 Å². The molecule has 1 aliphatic carbocycles. The summed E-state index contributed by atoms with van der Waals surface area (Å²) >= 11 is 0. The van der Waals surface area contributed by atoms with E-state index in [1.807, 2.05) is 0 Å². The standard InChI is InChI=1S/C15H17F3N2O/c16-15(17,18)13-8-12(5-4-11(13)9-19)20-14-3-1-2-10(14)6-7-21/h4-5,8,10,14,20-21H,1-3,6-7H2. The SMILES string of the molecule is N#Cc1ccc(NC2CCCC2CCO)cc1C(F)(F)F. The highest BCUT2D eigenvalue weighted by Gasteiger charge is 2.34. The summed E-state index contributed by atoms with van der Waals surface area (Å²) in [7, 11) is 0. The van der Waals surface area contributed by atoms with Gasteiger partial charge in [-0.05, 0) is 43.4 Å². The molecule has 0 radical (unpaired) electrons. The van der Waals surface area contributed by atoms with E-state index < -0.39 is 11.7 Å². The Morgan fingerprint density at radius 3 is 2.71 bits per heavy atom. The van der Waals surface area contributed by atoms with Crippen LogP contribution in [0.15, 0.2) is 18.2 Å². The van der Waals surface area contributed by atoms with E-state index in [9.17, 15) is 13.2 Å². The highest BCUT2D eigenvalue weighted by Crippen LogP contribution is 2.35. The van der Waals surface area contributed by atoms with Crippen LogP contribution in [0.25, 0.3) is 0 Å². The van der Waals surface area contributed by atoms with Crippen LogP contribution in [0.3, 0.4) is 0 Å². The summed E-state index contributed by atoms with van der Waals surface area (Å²) in [6.07, 6.45) is -1.03. The minimum Gasteiger partial charge on any atom is -0.396 e. The third-order valence-electron chi connectivity index (χ3n) is 3.96. The maximum atomic E-state index is 12.9. The van der Waals surface area contributed by atoms with Crippen LogP contribution < -0.4 is 5.32 Å². The molecule has 0 heterocycles. The summed E-state index contributed by atoms with van der Waals surface area (Å²) in [4.78, 5) is 0. The lowest BCUT2D eigenvalue weighted by Crippen LogP contribution is -2.25. The Morgan fingerprint density at radius 2 is 2.10 bits per heavy atom. The molecule has 2 unspecified atom stereocenters. The van der Waals surface area contributed by atoms with Gasteiger partial charge in [-0.3, -0.25) is 0 Å². The zero-order chi connectivity index (χ0) is 15.5. The number of benzene rings is 1. The lowest BCUT2D eigenvalue weighted by atomic mass is 9.99. The van der Waals surface area contributed by atoms with Crippen molar-refractivity contribution in [2.75, 3.05) is 11.9 Å². The number of nitrogens with zero attached hydrogens (tertiary/aromatic N) is 1. The molecule has 1 aliphatic rings. The maximum absolute atomic E-state index is 12.9. The van der Waals surface area contributed by atoms with Gasteiger partial charge in [0.25, 0.3) is 0 Å². The van der Waals surface area contributed by atoms with Gasteiger partial charge in [-0.15, -0.1) is 0 Å². The fourth-order valence-corrected chi connectivity index (χ4v) is 2.92. The van der Waals surface area contributed by atoms with Gasteiger partial charge in [-0.25, -0.2) is 0 Å². The number of halogens is 3. The van der Waals surface area contributed by atoms with E-state index in [0.717, 1.165) is 25.3 Å². The zero-order valence-corrected chi connectivity index (χ0v) is 11.5. The molecule has 2 N–H and O–H groups in total. The van der Waals surface area contributed by atoms with Gasteiger partial charge < -0.3 is 10.4 Å². The lowest BCUT2D eigenvalue weighted by molar-refractivity contribution is -0.137. The Kier molecular flexibility index (Phi) is 4.73. The summed E-state index contributed by atoms with van der Waals surface area (Å²) in [6.45, 7) is 0.0873. The average Bonchev–Trinajstić information content (AvgIpc) is 2.85. The first kappa shape index (κ1) is 15.6. The van der Waals surface area contributed by atoms with Gasteiger partial charge in [-0.2, -0.15) is 18.4 Å². The summed E-state index contributed by atoms with van der Waals surface area (Å²) < 4.78 is 38.7. The van der Waals surface area contributed by atoms with Crippen LogP contribution >= 0.6 is 0 Å². The fraction of sp³-hybridized carbons (Fsp3) is 0.533. The Labute approximate surface area is 121 Å². The van der Waals surface area contributed by atoms with Gasteiger partial charge in [0.15, 0.2) is 0 Å². The van der Waals surface area contributed by atoms with Crippen LogP contribution in [0.1, 0.15) is 36.8 Å². The van der Waals surface area contributed by atoms with Gasteiger partial charge >= 0.3 is 6.18 Å². The molecule has 114 valence electrons. The number of alkyl halides is 3. The number of nitriles is 1. The monoisotopic (exact) mass is 298 g/mol. The number of nitrogens with one attached hydrogen (secondary N) is 1. The zero-order valence-electron chi connectivity index (χ0n) is 11.5. The molecular weight excluding hydrogens is 281 g/mol. The van der Waals surface area contributed by atoms with E-state index in [0.29, 0.717) is 12.1 Å². The molecule has 2 rings (SSSR count). The Morgan fingerprint density at radius 1 is 1.33 bits per heavy atom. The molecule has 1 aromatic carbocycles. The number of hydrogen-bond donors (Lipinski definition) is 2. The molecule has 0 aliphatic heterocycles. The fourth-order valence-electron chi connectivity index (χ4n) is 2.92. The Bertz CT molecular complexity index is 537. The van der Waals surface area contributed by atoms with E-state index in [2.05, 4.69) is 5.32 Å². The third kappa shape index (κ3) is 3.67. The summed E-state index contributed by atoms with van der Waals surface area (Å²) in [5.74, 6) is 0.278. The molecule has 6 heteroatoms. The molecule has 3 nitrogen and oxygen atoms in total. The molecule has 2 atom stereocenters. The topological polar surface area (TPSA) is 56.0 Å². The molecule has 21 heavy (non-hydrogen) atoms. The van der Waals surface area contributed by atoms with Crippen LogP contribution in [0.2, 0.25) is 0 Å². The van der Waals surface area contributed by atoms with Crippen molar-refractivity contribution in [3.05, 3.63) is 29.3 Å². The number of anilines is 1. The van der Waals surface area contributed by atoms with E-state index in [-0.39, 0.29) is 24.1 Å². The van der Waals surface area contributed by atoms with Crippen LogP contribution in [0.5, 0.6) is 0 Å². The maximum Gasteiger partial charge on any atom is 0.417 e. The molecule has 1 fully saturated rings. The quantitative estimate of drug-likeness (QED) is 0.894. The van der Waals surface area contributed by atoms with E-state index in [1.165, 1.54) is 12.1 Å². The molecule has 1 saturated carbocycles. The normalized spacial score (nSPS) is 22.0. The van der Waals surface area contributed by atoms with Crippen molar-refractivity contribution < 1.29 is 18.3 Å². The van der Waals surface area contributed by atoms with E-state index in [4.69, 9.17) is 10.4 Å². The predicted octanol–water partition coefficient (Wildman–Crippen LogP) is 3.54.